The van der Waals surface area contributed by atoms with Gasteiger partial charge in [-0.2, -0.15) is 0 Å². The Balaban J connectivity index is 0. The van der Waals surface area contributed by atoms with Crippen LogP contribution in [0.3, 0.4) is 0 Å². The van der Waals surface area contributed by atoms with Crippen LogP contribution in [0.1, 0.15) is 20.3 Å². The molecular weight excluding hydrogens is 236 g/mol. The second kappa shape index (κ2) is 11.1. The minimum atomic E-state index is -3.90. The molecule has 0 saturated heterocycles. The summed E-state index contributed by atoms with van der Waals surface area (Å²) in [6.07, 6.45) is 0.339. The van der Waals surface area contributed by atoms with E-state index in [9.17, 15) is 4.79 Å². The Labute approximate surface area is 98.0 Å². The van der Waals surface area contributed by atoms with Crippen molar-refractivity contribution in [3.8, 4) is 0 Å². The monoisotopic (exact) mass is 258 g/mol. The highest BCUT2D eigenvalue weighted by Crippen LogP contribution is 2.32. The summed E-state index contributed by atoms with van der Waals surface area (Å²) in [4.78, 5) is 10.9. The number of carbonyl (C=O) groups is 1. The molecular formula is C8H22N2O5S. The zero-order valence-electron chi connectivity index (χ0n) is 9.89. The zero-order chi connectivity index (χ0) is 13.0. The van der Waals surface area contributed by atoms with Crippen molar-refractivity contribution in [3.05, 3.63) is 0 Å². The number of hydrogen-bond donors (Lipinski definition) is 5. The molecule has 0 bridgehead atoms. The lowest BCUT2D eigenvalue weighted by Crippen LogP contribution is -2.29. The molecule has 8 heteroatoms. The summed E-state index contributed by atoms with van der Waals surface area (Å²) in [7, 11) is 1.73. The molecule has 1 amide bonds. The van der Waals surface area contributed by atoms with Crippen molar-refractivity contribution in [2.45, 2.75) is 20.3 Å². The van der Waals surface area contributed by atoms with Crippen molar-refractivity contribution < 1.29 is 22.6 Å². The quantitative estimate of drug-likeness (QED) is 0.434. The van der Waals surface area contributed by atoms with Crippen LogP contribution in [0.25, 0.3) is 0 Å². The van der Waals surface area contributed by atoms with Crippen LogP contribution in [-0.4, -0.2) is 46.3 Å². The summed E-state index contributed by atoms with van der Waals surface area (Å²) in [5, 5.41) is 5.27. The number of nitrogens with one attached hydrogen (secondary N) is 2. The first-order valence-corrected chi connectivity index (χ1v) is 6.45. The first-order chi connectivity index (χ1) is 7.45. The summed E-state index contributed by atoms with van der Waals surface area (Å²) >= 11 is -3.90. The molecule has 0 atom stereocenters. The van der Waals surface area contributed by atoms with Crippen LogP contribution >= 0.6 is 11.2 Å². The molecule has 0 radical (unpaired) electrons. The molecule has 0 aliphatic heterocycles. The third-order valence-corrected chi connectivity index (χ3v) is 1.75. The Morgan fingerprint density at radius 2 is 1.81 bits per heavy atom. The predicted octanol–water partition coefficient (Wildman–Crippen LogP) is 0.894. The third-order valence-electron chi connectivity index (χ3n) is 1.27. The van der Waals surface area contributed by atoms with Crippen LogP contribution in [0.4, 0.5) is 0 Å². The predicted molar refractivity (Wildman–Crippen MR) is 64.3 cm³/mol. The van der Waals surface area contributed by atoms with E-state index in [1.807, 2.05) is 13.8 Å². The largest absolute Gasteiger partial charge is 0.354 e. The van der Waals surface area contributed by atoms with Gasteiger partial charge in [0.2, 0.25) is 17.1 Å². The smallest absolute Gasteiger partial charge is 0.221 e. The molecule has 0 aliphatic rings. The van der Waals surface area contributed by atoms with E-state index in [1.54, 1.807) is 7.05 Å². The highest BCUT2D eigenvalue weighted by Gasteiger charge is 2.11. The normalized spacial score (nSPS) is 11.4. The highest BCUT2D eigenvalue weighted by atomic mass is 32.3. The van der Waals surface area contributed by atoms with E-state index in [0.29, 0.717) is 13.0 Å². The molecule has 0 aromatic carbocycles. The van der Waals surface area contributed by atoms with Crippen molar-refractivity contribution in [1.29, 1.82) is 0 Å². The lowest BCUT2D eigenvalue weighted by Gasteiger charge is -2.17. The van der Waals surface area contributed by atoms with Crippen molar-refractivity contribution in [2.75, 3.05) is 26.7 Å². The van der Waals surface area contributed by atoms with Gasteiger partial charge in [0.05, 0.1) is 6.61 Å². The van der Waals surface area contributed by atoms with Crippen LogP contribution in [0.15, 0.2) is 0 Å². The molecule has 0 rings (SSSR count). The number of hydrogen-bond acceptors (Lipinski definition) is 6. The Bertz CT molecular complexity index is 174. The molecule has 0 aliphatic carbocycles. The van der Waals surface area contributed by atoms with Crippen LogP contribution in [-0.2, 0) is 8.98 Å². The first kappa shape index (κ1) is 18.0. The summed E-state index contributed by atoms with van der Waals surface area (Å²) in [5.41, 5.74) is 0. The lowest BCUT2D eigenvalue weighted by atomic mass is 10.4. The average Bonchev–Trinajstić information content (AvgIpc) is 2.23. The van der Waals surface area contributed by atoms with Crippen molar-refractivity contribution in [1.82, 2.24) is 10.6 Å². The summed E-state index contributed by atoms with van der Waals surface area (Å²) in [5.74, 6) is -0.169. The molecule has 16 heavy (non-hydrogen) atoms. The van der Waals surface area contributed by atoms with Crippen LogP contribution in [0, 0.1) is 0 Å². The molecule has 0 fully saturated rings. The number of amides is 1. The van der Waals surface area contributed by atoms with Gasteiger partial charge in [-0.15, -0.1) is 0 Å². The molecule has 0 aromatic rings. The van der Waals surface area contributed by atoms with Gasteiger partial charge in [-0.3, -0.25) is 22.6 Å². The summed E-state index contributed by atoms with van der Waals surface area (Å²) < 4.78 is 29.3. The van der Waals surface area contributed by atoms with Gasteiger partial charge in [-0.25, -0.2) is 0 Å². The molecule has 7 nitrogen and oxygen atoms in total. The van der Waals surface area contributed by atoms with Crippen molar-refractivity contribution in [2.24, 2.45) is 0 Å². The standard InChI is InChI=1S/C6H16N2O5S.C2H6/c1-7-3-2-6(9)8-4-5-13-14(10,11)12;1-2/h7,10-12H,2-5H2,1H3,(H,8,9);1-2H3. The maximum Gasteiger partial charge on any atom is 0.221 e. The van der Waals surface area contributed by atoms with Crippen molar-refractivity contribution in [3.63, 3.8) is 0 Å². The minimum Gasteiger partial charge on any atom is -0.354 e. The molecule has 0 aromatic heterocycles. The fourth-order valence-electron chi connectivity index (χ4n) is 0.671. The van der Waals surface area contributed by atoms with E-state index in [2.05, 4.69) is 14.8 Å². The summed E-state index contributed by atoms with van der Waals surface area (Å²) in [6, 6.07) is 0. The first-order valence-electron chi connectivity index (χ1n) is 5.02. The maximum atomic E-state index is 10.9. The Morgan fingerprint density at radius 1 is 1.25 bits per heavy atom. The molecule has 0 saturated carbocycles. The second-order valence-corrected chi connectivity index (χ2v) is 3.67. The van der Waals surface area contributed by atoms with E-state index in [-0.39, 0.29) is 19.1 Å². The third kappa shape index (κ3) is 16.1. The molecule has 0 heterocycles. The van der Waals surface area contributed by atoms with Gasteiger partial charge in [0.1, 0.15) is 0 Å². The zero-order valence-corrected chi connectivity index (χ0v) is 10.7. The topological polar surface area (TPSA) is 111 Å². The maximum absolute atomic E-state index is 10.9. The van der Waals surface area contributed by atoms with Gasteiger partial charge in [-0.05, 0) is 7.05 Å². The van der Waals surface area contributed by atoms with Crippen molar-refractivity contribution >= 4 is 17.1 Å². The van der Waals surface area contributed by atoms with Crippen LogP contribution < -0.4 is 10.6 Å². The van der Waals surface area contributed by atoms with E-state index in [0.717, 1.165) is 0 Å². The van der Waals surface area contributed by atoms with Gasteiger partial charge in [-0.1, -0.05) is 13.8 Å². The SMILES string of the molecule is CC.CNCCC(=O)NCCOS(O)(O)O. The van der Waals surface area contributed by atoms with E-state index < -0.39 is 11.2 Å². The highest BCUT2D eigenvalue weighted by molar-refractivity contribution is 8.15. The van der Waals surface area contributed by atoms with Gasteiger partial charge in [0.15, 0.2) is 0 Å². The van der Waals surface area contributed by atoms with Gasteiger partial charge >= 0.3 is 0 Å². The van der Waals surface area contributed by atoms with E-state index >= 15 is 0 Å². The summed E-state index contributed by atoms with van der Waals surface area (Å²) in [6.45, 7) is 4.55. The average molecular weight is 258 g/mol. The minimum absolute atomic E-state index is 0.124. The Morgan fingerprint density at radius 3 is 2.25 bits per heavy atom. The van der Waals surface area contributed by atoms with Gasteiger partial charge in [0, 0.05) is 19.5 Å². The lowest BCUT2D eigenvalue weighted by molar-refractivity contribution is -0.121. The molecule has 0 spiro atoms. The van der Waals surface area contributed by atoms with E-state index in [4.69, 9.17) is 13.7 Å². The fourth-order valence-corrected chi connectivity index (χ4v) is 0.978. The van der Waals surface area contributed by atoms with Crippen LogP contribution in [0.2, 0.25) is 0 Å². The fraction of sp³-hybridized carbons (Fsp3) is 0.875. The van der Waals surface area contributed by atoms with Gasteiger partial charge in [0.25, 0.3) is 0 Å². The van der Waals surface area contributed by atoms with E-state index in [1.165, 1.54) is 0 Å². The number of carbonyl (C=O) groups excluding carboxylic acids is 1. The number of rotatable bonds is 7. The molecule has 0 unspecified atom stereocenters. The second-order valence-electron chi connectivity index (χ2n) is 2.49. The van der Waals surface area contributed by atoms with Crippen LogP contribution in [0.5, 0.6) is 0 Å². The molecule has 100 valence electrons. The Hall–Kier alpha value is -0.380. The molecule has 5 N–H and O–H groups in total. The van der Waals surface area contributed by atoms with Gasteiger partial charge < -0.3 is 10.6 Å². The Kier molecular flexibility index (Phi) is 12.5.